The van der Waals surface area contributed by atoms with Gasteiger partial charge in [0.1, 0.15) is 6.29 Å². The zero-order chi connectivity index (χ0) is 15.3. The molecule has 0 aromatic carbocycles. The molecule has 0 aliphatic heterocycles. The normalized spacial score (nSPS) is 12.8. The molecule has 0 rings (SSSR count). The van der Waals surface area contributed by atoms with Gasteiger partial charge in [-0.15, -0.1) is 0 Å². The van der Waals surface area contributed by atoms with Crippen molar-refractivity contribution in [3.05, 3.63) is 36.5 Å². The molecule has 2 nitrogen and oxygen atoms in total. The summed E-state index contributed by atoms with van der Waals surface area (Å²) in [4.78, 5) is 10.2. The summed E-state index contributed by atoms with van der Waals surface area (Å²) in [6.45, 7) is 10.7. The largest absolute Gasteiger partial charge is 0.371 e. The number of unbranched alkanes of at least 4 members (excludes halogenated alkanes) is 3. The van der Waals surface area contributed by atoms with Crippen LogP contribution < -0.4 is 0 Å². The summed E-state index contributed by atoms with van der Waals surface area (Å²) >= 11 is 0. The Kier molecular flexibility index (Phi) is 11.0. The number of carbonyl (C=O) groups excluding carboxylic acids is 1. The summed E-state index contributed by atoms with van der Waals surface area (Å²) in [6.07, 6.45) is 14.9. The van der Waals surface area contributed by atoms with Crippen molar-refractivity contribution in [3.63, 3.8) is 0 Å². The van der Waals surface area contributed by atoms with Gasteiger partial charge in [0.05, 0.1) is 12.2 Å². The van der Waals surface area contributed by atoms with Crippen molar-refractivity contribution in [1.29, 1.82) is 0 Å². The highest BCUT2D eigenvalue weighted by Gasteiger charge is 2.17. The van der Waals surface area contributed by atoms with Crippen LogP contribution >= 0.6 is 0 Å². The molecule has 0 fully saturated rings. The van der Waals surface area contributed by atoms with Crippen LogP contribution in [0.1, 0.15) is 59.3 Å². The van der Waals surface area contributed by atoms with Gasteiger partial charge in [0.2, 0.25) is 0 Å². The topological polar surface area (TPSA) is 26.3 Å². The maximum Gasteiger partial charge on any atom is 0.119 e. The summed E-state index contributed by atoms with van der Waals surface area (Å²) in [7, 11) is 0. The molecule has 0 radical (unpaired) electrons. The molecule has 0 aliphatic rings. The molecule has 2 heteroatoms. The third-order valence-electron chi connectivity index (χ3n) is 3.14. The Balaban J connectivity index is 4.10. The first-order valence-electron chi connectivity index (χ1n) is 7.61. The molecule has 0 saturated heterocycles. The minimum Gasteiger partial charge on any atom is -0.371 e. The van der Waals surface area contributed by atoms with E-state index in [4.69, 9.17) is 4.74 Å². The van der Waals surface area contributed by atoms with E-state index >= 15 is 0 Å². The number of hydrogen-bond donors (Lipinski definition) is 0. The summed E-state index contributed by atoms with van der Waals surface area (Å²) in [5.41, 5.74) is 1.08. The zero-order valence-electron chi connectivity index (χ0n) is 13.4. The second-order valence-corrected chi connectivity index (χ2v) is 5.60. The van der Waals surface area contributed by atoms with E-state index in [2.05, 4.69) is 39.5 Å². The van der Waals surface area contributed by atoms with E-state index in [9.17, 15) is 4.79 Å². The van der Waals surface area contributed by atoms with Crippen LogP contribution in [0.15, 0.2) is 36.5 Å². The number of allylic oxidation sites excluding steroid dienone is 3. The highest BCUT2D eigenvalue weighted by atomic mass is 16.5. The van der Waals surface area contributed by atoms with Gasteiger partial charge in [-0.25, -0.2) is 0 Å². The minimum atomic E-state index is -0.115. The van der Waals surface area contributed by atoms with E-state index in [1.165, 1.54) is 5.57 Å². The van der Waals surface area contributed by atoms with Crippen LogP contribution in [0.4, 0.5) is 0 Å². The third kappa shape index (κ3) is 10.7. The Labute approximate surface area is 124 Å². The standard InChI is InChI=1S/C18H30O2/c1-5-7-13-17(12-6-2)16-20-18(3,4)14-10-8-9-11-15-19/h5,7,12-13,15H,1,6,8-11,14,16H2,2-4H3/b13-7-,17-12+. The van der Waals surface area contributed by atoms with Crippen molar-refractivity contribution in [1.82, 2.24) is 0 Å². The molecule has 0 unspecified atom stereocenters. The Morgan fingerprint density at radius 1 is 1.25 bits per heavy atom. The van der Waals surface area contributed by atoms with E-state index in [1.807, 2.05) is 6.08 Å². The summed E-state index contributed by atoms with van der Waals surface area (Å²) < 4.78 is 6.02. The van der Waals surface area contributed by atoms with E-state index < -0.39 is 0 Å². The molecule has 0 amide bonds. The van der Waals surface area contributed by atoms with Gasteiger partial charge in [0, 0.05) is 6.42 Å². The summed E-state index contributed by atoms with van der Waals surface area (Å²) in [6, 6.07) is 0. The highest BCUT2D eigenvalue weighted by Crippen LogP contribution is 2.20. The second-order valence-electron chi connectivity index (χ2n) is 5.60. The number of carbonyl (C=O) groups is 1. The average molecular weight is 278 g/mol. The highest BCUT2D eigenvalue weighted by molar-refractivity contribution is 5.48. The molecule has 0 aliphatic carbocycles. The number of rotatable bonds is 12. The van der Waals surface area contributed by atoms with Crippen molar-refractivity contribution >= 4 is 6.29 Å². The summed E-state index contributed by atoms with van der Waals surface area (Å²) in [5, 5.41) is 0. The third-order valence-corrected chi connectivity index (χ3v) is 3.14. The maximum atomic E-state index is 10.2. The van der Waals surface area contributed by atoms with E-state index in [0.29, 0.717) is 13.0 Å². The monoisotopic (exact) mass is 278 g/mol. The molecule has 0 aromatic rings. The SMILES string of the molecule is C=C/C=C\C(=C/CC)COC(C)(C)CCCCCC=O. The molecule has 0 spiro atoms. The molecule has 0 aromatic heterocycles. The fraction of sp³-hybridized carbons (Fsp3) is 0.611. The summed E-state index contributed by atoms with van der Waals surface area (Å²) in [5.74, 6) is 0. The number of aldehydes is 1. The fourth-order valence-electron chi connectivity index (χ4n) is 1.93. The molecule has 0 bridgehead atoms. The Morgan fingerprint density at radius 2 is 2.00 bits per heavy atom. The van der Waals surface area contributed by atoms with Crippen molar-refractivity contribution in [3.8, 4) is 0 Å². The Morgan fingerprint density at radius 3 is 2.60 bits per heavy atom. The van der Waals surface area contributed by atoms with Gasteiger partial charge in [0.15, 0.2) is 0 Å². The minimum absolute atomic E-state index is 0.115. The van der Waals surface area contributed by atoms with Crippen LogP contribution in [0, 0.1) is 0 Å². The molecule has 20 heavy (non-hydrogen) atoms. The van der Waals surface area contributed by atoms with Crippen LogP contribution in [0.2, 0.25) is 0 Å². The van der Waals surface area contributed by atoms with E-state index in [0.717, 1.165) is 38.4 Å². The van der Waals surface area contributed by atoms with Crippen molar-refractivity contribution < 1.29 is 9.53 Å². The predicted molar refractivity (Wildman–Crippen MR) is 86.9 cm³/mol. The smallest absolute Gasteiger partial charge is 0.119 e. The van der Waals surface area contributed by atoms with Crippen LogP contribution in [0.5, 0.6) is 0 Å². The lowest BCUT2D eigenvalue weighted by Crippen LogP contribution is -2.25. The first kappa shape index (κ1) is 18.9. The zero-order valence-corrected chi connectivity index (χ0v) is 13.4. The van der Waals surface area contributed by atoms with Crippen LogP contribution in [0.3, 0.4) is 0 Å². The molecule has 0 atom stereocenters. The first-order chi connectivity index (χ1) is 9.55. The lowest BCUT2D eigenvalue weighted by atomic mass is 9.99. The molecule has 0 saturated carbocycles. The van der Waals surface area contributed by atoms with Gasteiger partial charge in [-0.2, -0.15) is 0 Å². The molecular weight excluding hydrogens is 248 g/mol. The number of ether oxygens (including phenoxy) is 1. The Bertz CT molecular complexity index is 324. The quantitative estimate of drug-likeness (QED) is 0.285. The number of hydrogen-bond acceptors (Lipinski definition) is 2. The predicted octanol–water partition coefficient (Wildman–Crippen LogP) is 5.01. The van der Waals surface area contributed by atoms with Crippen molar-refractivity contribution in [2.24, 2.45) is 0 Å². The van der Waals surface area contributed by atoms with Gasteiger partial charge < -0.3 is 9.53 Å². The first-order valence-corrected chi connectivity index (χ1v) is 7.61. The molecule has 0 N–H and O–H groups in total. The van der Waals surface area contributed by atoms with Crippen molar-refractivity contribution in [2.75, 3.05) is 6.61 Å². The van der Waals surface area contributed by atoms with Gasteiger partial charge in [-0.3, -0.25) is 0 Å². The van der Waals surface area contributed by atoms with Gasteiger partial charge in [-0.05, 0) is 38.7 Å². The lowest BCUT2D eigenvalue weighted by molar-refractivity contribution is -0.107. The average Bonchev–Trinajstić information content (AvgIpc) is 2.41. The van der Waals surface area contributed by atoms with Gasteiger partial charge in [-0.1, -0.05) is 50.6 Å². The van der Waals surface area contributed by atoms with Gasteiger partial charge >= 0.3 is 0 Å². The van der Waals surface area contributed by atoms with E-state index in [-0.39, 0.29) is 5.60 Å². The second kappa shape index (κ2) is 11.7. The molecule has 114 valence electrons. The van der Waals surface area contributed by atoms with Crippen LogP contribution in [-0.4, -0.2) is 18.5 Å². The Hall–Kier alpha value is -1.15. The van der Waals surface area contributed by atoms with Crippen molar-refractivity contribution in [2.45, 2.75) is 64.9 Å². The maximum absolute atomic E-state index is 10.2. The lowest BCUT2D eigenvalue weighted by Gasteiger charge is -2.25. The van der Waals surface area contributed by atoms with E-state index in [1.54, 1.807) is 6.08 Å². The van der Waals surface area contributed by atoms with Crippen LogP contribution in [-0.2, 0) is 9.53 Å². The van der Waals surface area contributed by atoms with Gasteiger partial charge in [0.25, 0.3) is 0 Å². The fourth-order valence-corrected chi connectivity index (χ4v) is 1.93. The molecule has 0 heterocycles. The molecular formula is C18H30O2. The van der Waals surface area contributed by atoms with Crippen LogP contribution in [0.25, 0.3) is 0 Å².